The van der Waals surface area contributed by atoms with Crippen LogP contribution < -0.4 is 5.32 Å². The lowest BCUT2D eigenvalue weighted by molar-refractivity contribution is -0.0447. The van der Waals surface area contributed by atoms with Crippen molar-refractivity contribution < 1.29 is 9.47 Å². The summed E-state index contributed by atoms with van der Waals surface area (Å²) in [6.45, 7) is 3.75. The van der Waals surface area contributed by atoms with Crippen LogP contribution in [0.15, 0.2) is 34.6 Å². The molecule has 3 rings (SSSR count). The summed E-state index contributed by atoms with van der Waals surface area (Å²) in [5.41, 5.74) is 1.31. The summed E-state index contributed by atoms with van der Waals surface area (Å²) in [4.78, 5) is 6.66. The Hall–Kier alpha value is -1.63. The number of hydrogen-bond donors (Lipinski definition) is 1. The van der Waals surface area contributed by atoms with Crippen molar-refractivity contribution in [3.63, 3.8) is 0 Å². The van der Waals surface area contributed by atoms with Crippen LogP contribution in [0.3, 0.4) is 0 Å². The lowest BCUT2D eigenvalue weighted by atomic mass is 10.2. The van der Waals surface area contributed by atoms with Crippen LogP contribution in [-0.4, -0.2) is 57.4 Å². The molecular weight excluding hydrogens is 310 g/mol. The molecule has 1 aromatic heterocycles. The summed E-state index contributed by atoms with van der Waals surface area (Å²) < 4.78 is 12.2. The third-order valence-corrected chi connectivity index (χ3v) is 5.01. The van der Waals surface area contributed by atoms with Gasteiger partial charge in [-0.1, -0.05) is 18.2 Å². The van der Waals surface area contributed by atoms with Crippen molar-refractivity contribution in [1.29, 1.82) is 0 Å². The van der Waals surface area contributed by atoms with E-state index in [9.17, 15) is 0 Å². The molecule has 0 aliphatic carbocycles. The van der Waals surface area contributed by atoms with Crippen molar-refractivity contribution >= 4 is 27.4 Å². The van der Waals surface area contributed by atoms with E-state index in [-0.39, 0.29) is 6.10 Å². The Labute approximate surface area is 140 Å². The Kier molecular flexibility index (Phi) is 5.48. The van der Waals surface area contributed by atoms with Crippen molar-refractivity contribution in [2.24, 2.45) is 4.99 Å². The molecular formula is C17H23N3O2S. The van der Waals surface area contributed by atoms with Crippen molar-refractivity contribution in [3.05, 3.63) is 35.2 Å². The molecule has 2 heterocycles. The molecule has 124 valence electrons. The van der Waals surface area contributed by atoms with Crippen LogP contribution in [0.1, 0.15) is 5.56 Å². The molecule has 0 saturated carbocycles. The van der Waals surface area contributed by atoms with Crippen LogP contribution in [0.2, 0.25) is 0 Å². The molecule has 1 aliphatic rings. The summed E-state index contributed by atoms with van der Waals surface area (Å²) in [6.07, 6.45) is 0.106. The van der Waals surface area contributed by atoms with Crippen molar-refractivity contribution in [3.8, 4) is 0 Å². The largest absolute Gasteiger partial charge is 0.382 e. The Morgan fingerprint density at radius 2 is 2.35 bits per heavy atom. The number of hydrogen-bond acceptors (Lipinski definition) is 4. The van der Waals surface area contributed by atoms with E-state index in [0.29, 0.717) is 13.2 Å². The topological polar surface area (TPSA) is 46.1 Å². The lowest BCUT2D eigenvalue weighted by Crippen LogP contribution is -2.51. The number of aliphatic imine (C=N–C) groups is 1. The standard InChI is InChI=1S/C17H23N3O2S/c1-18-17(20-7-8-22-14(10-20)11-21-2)19-9-13-12-23-16-6-4-3-5-15(13)16/h3-6,12,14H,7-11H2,1-2H3,(H,18,19). The van der Waals surface area contributed by atoms with Gasteiger partial charge in [0.2, 0.25) is 0 Å². The number of fused-ring (bicyclic) bond motifs is 1. The van der Waals surface area contributed by atoms with E-state index < -0.39 is 0 Å². The van der Waals surface area contributed by atoms with Crippen LogP contribution in [0.4, 0.5) is 0 Å². The first-order chi connectivity index (χ1) is 11.3. The third-order valence-electron chi connectivity index (χ3n) is 4.00. The van der Waals surface area contributed by atoms with Gasteiger partial charge in [-0.05, 0) is 22.4 Å². The van der Waals surface area contributed by atoms with Gasteiger partial charge in [0.25, 0.3) is 0 Å². The van der Waals surface area contributed by atoms with E-state index in [2.05, 4.69) is 44.9 Å². The fourth-order valence-electron chi connectivity index (χ4n) is 2.87. The summed E-state index contributed by atoms with van der Waals surface area (Å²) >= 11 is 1.79. The zero-order valence-electron chi connectivity index (χ0n) is 13.6. The summed E-state index contributed by atoms with van der Waals surface area (Å²) in [6, 6.07) is 8.51. The number of nitrogens with one attached hydrogen (secondary N) is 1. The molecule has 2 aromatic rings. The quantitative estimate of drug-likeness (QED) is 0.689. The third kappa shape index (κ3) is 3.83. The monoisotopic (exact) mass is 333 g/mol. The van der Waals surface area contributed by atoms with Crippen molar-refractivity contribution in [2.45, 2.75) is 12.6 Å². The highest BCUT2D eigenvalue weighted by atomic mass is 32.1. The smallest absolute Gasteiger partial charge is 0.194 e. The maximum atomic E-state index is 5.70. The van der Waals surface area contributed by atoms with Gasteiger partial charge in [-0.3, -0.25) is 4.99 Å². The van der Waals surface area contributed by atoms with Crippen LogP contribution in [0, 0.1) is 0 Å². The molecule has 1 unspecified atom stereocenters. The molecule has 6 heteroatoms. The molecule has 0 amide bonds. The van der Waals surface area contributed by atoms with E-state index in [1.165, 1.54) is 15.6 Å². The molecule has 1 N–H and O–H groups in total. The maximum Gasteiger partial charge on any atom is 0.194 e. The highest BCUT2D eigenvalue weighted by Gasteiger charge is 2.22. The number of rotatable bonds is 4. The van der Waals surface area contributed by atoms with E-state index in [0.717, 1.165) is 25.6 Å². The lowest BCUT2D eigenvalue weighted by Gasteiger charge is -2.34. The number of thiophene rings is 1. The predicted octanol–water partition coefficient (Wildman–Crippen LogP) is 2.32. The summed E-state index contributed by atoms with van der Waals surface area (Å²) in [7, 11) is 3.53. The second-order valence-electron chi connectivity index (χ2n) is 5.55. The first-order valence-corrected chi connectivity index (χ1v) is 8.71. The second-order valence-corrected chi connectivity index (χ2v) is 6.46. The average molecular weight is 333 g/mol. The van der Waals surface area contributed by atoms with E-state index in [4.69, 9.17) is 9.47 Å². The molecule has 1 atom stereocenters. The van der Waals surface area contributed by atoms with Crippen molar-refractivity contribution in [1.82, 2.24) is 10.2 Å². The summed E-state index contributed by atoms with van der Waals surface area (Å²) in [5, 5.41) is 7.02. The summed E-state index contributed by atoms with van der Waals surface area (Å²) in [5.74, 6) is 0.921. The minimum Gasteiger partial charge on any atom is -0.382 e. The number of ether oxygens (including phenoxy) is 2. The van der Waals surface area contributed by atoms with Crippen LogP contribution in [-0.2, 0) is 16.0 Å². The maximum absolute atomic E-state index is 5.70. The molecule has 1 saturated heterocycles. The van der Waals surface area contributed by atoms with Gasteiger partial charge in [-0.15, -0.1) is 11.3 Å². The number of methoxy groups -OCH3 is 1. The minimum atomic E-state index is 0.106. The van der Waals surface area contributed by atoms with Gasteiger partial charge in [0, 0.05) is 38.5 Å². The molecule has 1 aliphatic heterocycles. The highest BCUT2D eigenvalue weighted by Crippen LogP contribution is 2.25. The van der Waals surface area contributed by atoms with E-state index >= 15 is 0 Å². The van der Waals surface area contributed by atoms with Crippen LogP contribution in [0.25, 0.3) is 10.1 Å². The van der Waals surface area contributed by atoms with E-state index in [1.54, 1.807) is 18.4 Å². The first kappa shape index (κ1) is 16.2. The molecule has 23 heavy (non-hydrogen) atoms. The van der Waals surface area contributed by atoms with Gasteiger partial charge >= 0.3 is 0 Å². The first-order valence-electron chi connectivity index (χ1n) is 7.83. The average Bonchev–Trinajstić information content (AvgIpc) is 3.00. The normalized spacial score (nSPS) is 19.3. The molecule has 1 fully saturated rings. The van der Waals surface area contributed by atoms with Gasteiger partial charge in [0.05, 0.1) is 19.3 Å². The SMILES string of the molecule is CN=C(NCc1csc2ccccc12)N1CCOC(COC)C1. The fourth-order valence-corrected chi connectivity index (χ4v) is 3.84. The molecule has 1 aromatic carbocycles. The van der Waals surface area contributed by atoms with Gasteiger partial charge in [0.1, 0.15) is 0 Å². The fraction of sp³-hybridized carbons (Fsp3) is 0.471. The Morgan fingerprint density at radius 3 is 3.17 bits per heavy atom. The zero-order valence-corrected chi connectivity index (χ0v) is 14.4. The number of morpholine rings is 1. The highest BCUT2D eigenvalue weighted by molar-refractivity contribution is 7.17. The molecule has 5 nitrogen and oxygen atoms in total. The van der Waals surface area contributed by atoms with Crippen LogP contribution >= 0.6 is 11.3 Å². The van der Waals surface area contributed by atoms with Gasteiger partial charge in [-0.25, -0.2) is 0 Å². The number of guanidine groups is 1. The van der Waals surface area contributed by atoms with Gasteiger partial charge in [-0.2, -0.15) is 0 Å². The predicted molar refractivity (Wildman–Crippen MR) is 95.2 cm³/mol. The van der Waals surface area contributed by atoms with Gasteiger partial charge < -0.3 is 19.7 Å². The molecule has 0 spiro atoms. The Balaban J connectivity index is 1.63. The number of benzene rings is 1. The Morgan fingerprint density at radius 1 is 1.48 bits per heavy atom. The van der Waals surface area contributed by atoms with Crippen molar-refractivity contribution in [2.75, 3.05) is 40.5 Å². The molecule has 0 bridgehead atoms. The second kappa shape index (κ2) is 7.77. The number of nitrogens with zero attached hydrogens (tertiary/aromatic N) is 2. The van der Waals surface area contributed by atoms with E-state index in [1.807, 2.05) is 7.05 Å². The molecule has 0 radical (unpaired) electrons. The minimum absolute atomic E-state index is 0.106. The van der Waals surface area contributed by atoms with Gasteiger partial charge in [0.15, 0.2) is 5.96 Å². The Bertz CT molecular complexity index is 669. The van der Waals surface area contributed by atoms with Crippen LogP contribution in [0.5, 0.6) is 0 Å². The zero-order chi connectivity index (χ0) is 16.1.